The molecule has 0 saturated carbocycles. The molecule has 13 aromatic carbocycles. The molecule has 91 heavy (non-hydrogen) atoms. The van der Waals surface area contributed by atoms with Crippen LogP contribution in [0.2, 0.25) is 0 Å². The average Bonchev–Trinajstić information content (AvgIpc) is 1.58. The number of aromatic nitrogens is 4. The Morgan fingerprint density at radius 3 is 1.41 bits per heavy atom. The van der Waals surface area contributed by atoms with E-state index >= 15 is 0 Å². The van der Waals surface area contributed by atoms with Crippen molar-refractivity contribution in [2.45, 2.75) is 26.2 Å². The molecule has 0 aliphatic rings. The van der Waals surface area contributed by atoms with Crippen molar-refractivity contribution < 1.29 is 4.42 Å². The van der Waals surface area contributed by atoms with Crippen LogP contribution >= 0.6 is 0 Å². The molecular formula is C84H54N6O. The fourth-order valence-corrected chi connectivity index (χ4v) is 15.0. The molecule has 0 aliphatic carbocycles. The second-order valence-corrected chi connectivity index (χ2v) is 24.9. The van der Waals surface area contributed by atoms with Crippen LogP contribution in [-0.2, 0) is 5.41 Å². The van der Waals surface area contributed by atoms with Crippen LogP contribution in [0.5, 0.6) is 0 Å². The quantitative estimate of drug-likeness (QED) is 0.149. The van der Waals surface area contributed by atoms with Gasteiger partial charge < -0.3 is 22.7 Å². The zero-order valence-electron chi connectivity index (χ0n) is 50.1. The number of para-hydroxylation sites is 5. The summed E-state index contributed by atoms with van der Waals surface area (Å²) < 4.78 is 16.1. The van der Waals surface area contributed by atoms with E-state index in [1.807, 2.05) is 36.4 Å². The van der Waals surface area contributed by atoms with E-state index in [4.69, 9.17) is 9.26 Å². The second-order valence-electron chi connectivity index (χ2n) is 24.9. The van der Waals surface area contributed by atoms with E-state index in [9.17, 15) is 11.8 Å². The summed E-state index contributed by atoms with van der Waals surface area (Å²) in [5.74, 6) is 0. The van der Waals surface area contributed by atoms with Crippen molar-refractivity contribution in [1.29, 1.82) is 5.26 Å². The molecule has 18 aromatic rings. The normalized spacial score (nSPS) is 12.1. The first-order valence-electron chi connectivity index (χ1n) is 30.9. The molecule has 0 bridgehead atoms. The molecule has 0 fully saturated rings. The van der Waals surface area contributed by atoms with Crippen LogP contribution in [-0.4, -0.2) is 18.3 Å². The van der Waals surface area contributed by atoms with E-state index < -0.39 is 0 Å². The molecule has 0 unspecified atom stereocenters. The Kier molecular flexibility index (Phi) is 11.2. The number of rotatable bonds is 7. The van der Waals surface area contributed by atoms with E-state index in [1.165, 1.54) is 5.56 Å². The van der Waals surface area contributed by atoms with Gasteiger partial charge in [-0.1, -0.05) is 203 Å². The fourth-order valence-electron chi connectivity index (χ4n) is 15.0. The number of furan rings is 1. The maximum Gasteiger partial charge on any atom is 0.220 e. The fraction of sp³-hybridized carbons (Fsp3) is 0.0476. The summed E-state index contributed by atoms with van der Waals surface area (Å²) in [5, 5.41) is 23.1. The highest BCUT2D eigenvalue weighted by Crippen LogP contribution is 2.55. The lowest BCUT2D eigenvalue weighted by Gasteiger charge is -2.26. The third-order valence-corrected chi connectivity index (χ3v) is 18.9. The first-order valence-corrected chi connectivity index (χ1v) is 30.9. The number of nitrogens with zero attached hydrogens (tertiary/aromatic N) is 6. The highest BCUT2D eigenvalue weighted by Gasteiger charge is 2.34. The molecule has 426 valence electrons. The van der Waals surface area contributed by atoms with Gasteiger partial charge in [0.2, 0.25) is 5.69 Å². The lowest BCUT2D eigenvalue weighted by Crippen LogP contribution is -2.11. The smallest absolute Gasteiger partial charge is 0.220 e. The molecule has 0 aliphatic heterocycles. The summed E-state index contributed by atoms with van der Waals surface area (Å²) in [6, 6.07) is 99.8. The number of hydrogen-bond donors (Lipinski definition) is 0. The second kappa shape index (κ2) is 19.7. The Hall–Kier alpha value is -12.2. The van der Waals surface area contributed by atoms with E-state index in [0.717, 1.165) is 148 Å². The number of hydrogen-bond acceptors (Lipinski definition) is 2. The van der Waals surface area contributed by atoms with Crippen molar-refractivity contribution in [1.82, 2.24) is 18.3 Å². The van der Waals surface area contributed by atoms with Crippen molar-refractivity contribution in [2.75, 3.05) is 0 Å². The number of benzene rings is 13. The molecule has 0 saturated heterocycles. The molecule has 0 amide bonds. The third-order valence-electron chi connectivity index (χ3n) is 18.9. The van der Waals surface area contributed by atoms with Gasteiger partial charge in [-0.3, -0.25) is 0 Å². The SMILES string of the molecule is [C-]#[N+]c1c(-c2ccc3oc4ccccc4c3c2)c(C#N)c(-n2c3ccc(-c4ccccc4)cc3c3ccc4c(c5ccccc5n4-c4ccccc4)c32)c(-c2ccccc2)c1-n1c2ccc(C(C)(C)C)cc2c2ccc3c(c4ccccc4n3-c3ccccc3)c21. The molecule has 0 N–H and O–H groups in total. The van der Waals surface area contributed by atoms with Crippen LogP contribution in [0.4, 0.5) is 5.69 Å². The summed E-state index contributed by atoms with van der Waals surface area (Å²) in [6.07, 6.45) is 0. The average molecular weight is 1160 g/mol. The van der Waals surface area contributed by atoms with Gasteiger partial charge in [-0.15, -0.1) is 0 Å². The van der Waals surface area contributed by atoms with Gasteiger partial charge in [0, 0.05) is 76.4 Å². The molecule has 0 spiro atoms. The number of fused-ring (bicyclic) bond motifs is 17. The van der Waals surface area contributed by atoms with E-state index in [-0.39, 0.29) is 5.41 Å². The van der Waals surface area contributed by atoms with Crippen molar-refractivity contribution in [3.63, 3.8) is 0 Å². The van der Waals surface area contributed by atoms with Crippen molar-refractivity contribution >= 4 is 115 Å². The lowest BCUT2D eigenvalue weighted by atomic mass is 9.86. The third kappa shape index (κ3) is 7.53. The summed E-state index contributed by atoms with van der Waals surface area (Å²) in [7, 11) is 0. The Bertz CT molecular complexity index is 6180. The topological polar surface area (TPSA) is 61.0 Å². The van der Waals surface area contributed by atoms with E-state index in [1.54, 1.807) is 0 Å². The Morgan fingerprint density at radius 1 is 0.363 bits per heavy atom. The summed E-state index contributed by atoms with van der Waals surface area (Å²) in [4.78, 5) is 4.85. The van der Waals surface area contributed by atoms with Gasteiger partial charge in [-0.05, 0) is 124 Å². The zero-order chi connectivity index (χ0) is 60.8. The standard InChI is InChI=1S/C84H54N6O/c1-84(2,3)55-39-43-70-64(49-55)60-41-45-72-78(62-33-18-21-35-68(62)88(72)57-29-15-8-16-30-57)81(60)90(70)83-76(52-25-11-6-12-26-52)82(66(50-85)75(79(83)86-4)54-38-46-74-65(48-54)58-31-19-22-36-73(58)91-74)89-69-42-37-53(51-23-9-5-10-24-51)47-63(69)59-40-44-71-77(80(59)89)61-32-17-20-34-67(61)87(71)56-27-13-7-14-28-56/h5-49H,1-3H3. The van der Waals surface area contributed by atoms with Gasteiger partial charge in [-0.25, -0.2) is 4.85 Å². The van der Waals surface area contributed by atoms with Gasteiger partial charge in [0.05, 0.1) is 67.6 Å². The molecule has 7 nitrogen and oxygen atoms in total. The van der Waals surface area contributed by atoms with Crippen LogP contribution in [0.1, 0.15) is 31.9 Å². The predicted octanol–water partition coefficient (Wildman–Crippen LogP) is 22.7. The predicted molar refractivity (Wildman–Crippen MR) is 377 cm³/mol. The largest absolute Gasteiger partial charge is 0.456 e. The zero-order valence-corrected chi connectivity index (χ0v) is 50.1. The summed E-state index contributed by atoms with van der Waals surface area (Å²) in [5.41, 5.74) is 19.6. The van der Waals surface area contributed by atoms with Crippen LogP contribution in [0, 0.1) is 17.9 Å². The molecule has 7 heteroatoms. The van der Waals surface area contributed by atoms with Gasteiger partial charge in [-0.2, -0.15) is 5.26 Å². The lowest BCUT2D eigenvalue weighted by molar-refractivity contribution is 0.591. The molecule has 5 aromatic heterocycles. The summed E-state index contributed by atoms with van der Waals surface area (Å²) in [6.45, 7) is 16.8. The minimum absolute atomic E-state index is 0.191. The highest BCUT2D eigenvalue weighted by molar-refractivity contribution is 6.29. The maximum absolute atomic E-state index is 12.8. The Labute approximate surface area is 523 Å². The highest BCUT2D eigenvalue weighted by atomic mass is 16.3. The van der Waals surface area contributed by atoms with Crippen molar-refractivity contribution in [3.05, 3.63) is 296 Å². The molecule has 5 heterocycles. The van der Waals surface area contributed by atoms with Crippen LogP contribution in [0.3, 0.4) is 0 Å². The molecule has 0 radical (unpaired) electrons. The summed E-state index contributed by atoms with van der Waals surface area (Å²) >= 11 is 0. The maximum atomic E-state index is 12.8. The Balaban J connectivity index is 1.12. The van der Waals surface area contributed by atoms with Gasteiger partial charge in [0.1, 0.15) is 17.2 Å². The van der Waals surface area contributed by atoms with Crippen molar-refractivity contribution in [3.8, 4) is 62.2 Å². The van der Waals surface area contributed by atoms with E-state index in [0.29, 0.717) is 28.2 Å². The van der Waals surface area contributed by atoms with Crippen LogP contribution < -0.4 is 0 Å². The van der Waals surface area contributed by atoms with Crippen LogP contribution in [0.15, 0.2) is 277 Å². The first-order chi connectivity index (χ1) is 44.7. The van der Waals surface area contributed by atoms with Gasteiger partial charge in [0.15, 0.2) is 0 Å². The van der Waals surface area contributed by atoms with Gasteiger partial charge in [0.25, 0.3) is 0 Å². The molecule has 18 rings (SSSR count). The first kappa shape index (κ1) is 52.0. The minimum Gasteiger partial charge on any atom is -0.456 e. The number of nitriles is 1. The minimum atomic E-state index is -0.191. The van der Waals surface area contributed by atoms with Crippen molar-refractivity contribution in [2.24, 2.45) is 0 Å². The Morgan fingerprint density at radius 2 is 0.824 bits per heavy atom. The molecule has 0 atom stereocenters. The monoisotopic (exact) mass is 1160 g/mol. The molecular weight excluding hydrogens is 1110 g/mol. The van der Waals surface area contributed by atoms with E-state index in [2.05, 4.69) is 282 Å². The van der Waals surface area contributed by atoms with Gasteiger partial charge >= 0.3 is 0 Å². The van der Waals surface area contributed by atoms with Crippen LogP contribution in [0.25, 0.3) is 170 Å².